The summed E-state index contributed by atoms with van der Waals surface area (Å²) in [7, 11) is 1.63. The normalized spacial score (nSPS) is 10.0. The van der Waals surface area contributed by atoms with Gasteiger partial charge in [-0.3, -0.25) is 4.79 Å². The molecule has 0 radical (unpaired) electrons. The Morgan fingerprint density at radius 2 is 1.88 bits per heavy atom. The highest BCUT2D eigenvalue weighted by Crippen LogP contribution is 2.13. The standard InChI is InChI=1S/C14H21NO2/c1-3-4-5-6-11-17-13-9-7-12(8-10-13)14(16)15-2/h7-10H,3-6,11H2,1-2H3,(H,15,16). The molecule has 0 aliphatic carbocycles. The molecule has 0 atom stereocenters. The molecule has 1 rings (SSSR count). The van der Waals surface area contributed by atoms with E-state index in [0.717, 1.165) is 18.8 Å². The molecule has 0 fully saturated rings. The van der Waals surface area contributed by atoms with Gasteiger partial charge in [-0.05, 0) is 30.7 Å². The van der Waals surface area contributed by atoms with Gasteiger partial charge in [-0.1, -0.05) is 26.2 Å². The van der Waals surface area contributed by atoms with Crippen LogP contribution in [0.25, 0.3) is 0 Å². The lowest BCUT2D eigenvalue weighted by Gasteiger charge is -2.06. The van der Waals surface area contributed by atoms with Crippen LogP contribution in [-0.2, 0) is 0 Å². The van der Waals surface area contributed by atoms with Crippen LogP contribution in [0.5, 0.6) is 5.75 Å². The van der Waals surface area contributed by atoms with Gasteiger partial charge in [-0.2, -0.15) is 0 Å². The Morgan fingerprint density at radius 3 is 2.47 bits per heavy atom. The lowest BCUT2D eigenvalue weighted by atomic mass is 10.2. The molecule has 0 spiro atoms. The fraction of sp³-hybridized carbons (Fsp3) is 0.500. The molecule has 0 heterocycles. The fourth-order valence-corrected chi connectivity index (χ4v) is 1.57. The van der Waals surface area contributed by atoms with Gasteiger partial charge in [0.25, 0.3) is 5.91 Å². The smallest absolute Gasteiger partial charge is 0.251 e. The summed E-state index contributed by atoms with van der Waals surface area (Å²) in [6, 6.07) is 7.23. The van der Waals surface area contributed by atoms with Gasteiger partial charge >= 0.3 is 0 Å². The van der Waals surface area contributed by atoms with E-state index in [-0.39, 0.29) is 5.91 Å². The maximum absolute atomic E-state index is 11.3. The Balaban J connectivity index is 2.33. The fourth-order valence-electron chi connectivity index (χ4n) is 1.57. The predicted molar refractivity (Wildman–Crippen MR) is 69.5 cm³/mol. The first-order valence-corrected chi connectivity index (χ1v) is 6.23. The van der Waals surface area contributed by atoms with Gasteiger partial charge in [0.2, 0.25) is 0 Å². The topological polar surface area (TPSA) is 38.3 Å². The summed E-state index contributed by atoms with van der Waals surface area (Å²) >= 11 is 0. The summed E-state index contributed by atoms with van der Waals surface area (Å²) in [6.45, 7) is 2.94. The number of rotatable bonds is 7. The number of hydrogen-bond acceptors (Lipinski definition) is 2. The first-order chi connectivity index (χ1) is 8.27. The highest BCUT2D eigenvalue weighted by molar-refractivity contribution is 5.94. The summed E-state index contributed by atoms with van der Waals surface area (Å²) in [6.07, 6.45) is 4.80. The SMILES string of the molecule is CCCCCCOc1ccc(C(=O)NC)cc1. The van der Waals surface area contributed by atoms with Crippen LogP contribution in [0, 0.1) is 0 Å². The number of benzene rings is 1. The molecule has 0 saturated carbocycles. The number of amides is 1. The number of carbonyl (C=O) groups is 1. The summed E-state index contributed by atoms with van der Waals surface area (Å²) in [4.78, 5) is 11.3. The first kappa shape index (κ1) is 13.6. The molecular weight excluding hydrogens is 214 g/mol. The van der Waals surface area contributed by atoms with Crippen LogP contribution in [0.2, 0.25) is 0 Å². The molecule has 3 heteroatoms. The molecule has 0 saturated heterocycles. The highest BCUT2D eigenvalue weighted by atomic mass is 16.5. The van der Waals surface area contributed by atoms with E-state index >= 15 is 0 Å². The second-order valence-corrected chi connectivity index (χ2v) is 4.01. The van der Waals surface area contributed by atoms with Crippen LogP contribution in [0.1, 0.15) is 43.0 Å². The van der Waals surface area contributed by atoms with Crippen LogP contribution < -0.4 is 10.1 Å². The zero-order valence-electron chi connectivity index (χ0n) is 10.7. The third kappa shape index (κ3) is 4.89. The number of nitrogens with one attached hydrogen (secondary N) is 1. The molecule has 1 N–H and O–H groups in total. The number of hydrogen-bond donors (Lipinski definition) is 1. The number of unbranched alkanes of at least 4 members (excludes halogenated alkanes) is 3. The summed E-state index contributed by atoms with van der Waals surface area (Å²) in [5.41, 5.74) is 0.658. The van der Waals surface area contributed by atoms with Crippen LogP contribution >= 0.6 is 0 Å². The summed E-state index contributed by atoms with van der Waals surface area (Å²) in [5.74, 6) is 0.758. The van der Waals surface area contributed by atoms with Gasteiger partial charge in [0, 0.05) is 12.6 Å². The minimum atomic E-state index is -0.0699. The molecule has 0 aliphatic rings. The Morgan fingerprint density at radius 1 is 1.18 bits per heavy atom. The van der Waals surface area contributed by atoms with Gasteiger partial charge in [-0.25, -0.2) is 0 Å². The van der Waals surface area contributed by atoms with Crippen molar-refractivity contribution >= 4 is 5.91 Å². The van der Waals surface area contributed by atoms with Crippen molar-refractivity contribution in [2.24, 2.45) is 0 Å². The van der Waals surface area contributed by atoms with E-state index in [1.165, 1.54) is 19.3 Å². The van der Waals surface area contributed by atoms with Crippen LogP contribution in [0.15, 0.2) is 24.3 Å². The second kappa shape index (κ2) is 7.71. The molecule has 1 amide bonds. The van der Waals surface area contributed by atoms with E-state index in [9.17, 15) is 4.79 Å². The Labute approximate surface area is 103 Å². The molecule has 94 valence electrons. The number of carbonyl (C=O) groups excluding carboxylic acids is 1. The Hall–Kier alpha value is -1.51. The zero-order chi connectivity index (χ0) is 12.5. The van der Waals surface area contributed by atoms with Crippen molar-refractivity contribution in [2.45, 2.75) is 32.6 Å². The number of ether oxygens (including phenoxy) is 1. The molecule has 0 aromatic heterocycles. The van der Waals surface area contributed by atoms with Gasteiger partial charge in [0.1, 0.15) is 5.75 Å². The monoisotopic (exact) mass is 235 g/mol. The molecule has 3 nitrogen and oxygen atoms in total. The van der Waals surface area contributed by atoms with Crippen molar-refractivity contribution in [3.05, 3.63) is 29.8 Å². The Bertz CT molecular complexity index is 333. The van der Waals surface area contributed by atoms with E-state index in [1.807, 2.05) is 12.1 Å². The first-order valence-electron chi connectivity index (χ1n) is 6.23. The maximum Gasteiger partial charge on any atom is 0.251 e. The van der Waals surface area contributed by atoms with Crippen LogP contribution in [0.3, 0.4) is 0 Å². The molecule has 1 aromatic rings. The summed E-state index contributed by atoms with van der Waals surface area (Å²) in [5, 5.41) is 2.59. The average molecular weight is 235 g/mol. The van der Waals surface area contributed by atoms with Gasteiger partial charge in [0.15, 0.2) is 0 Å². The van der Waals surface area contributed by atoms with Crippen LogP contribution in [0.4, 0.5) is 0 Å². The van der Waals surface area contributed by atoms with Gasteiger partial charge < -0.3 is 10.1 Å². The maximum atomic E-state index is 11.3. The molecule has 1 aromatic carbocycles. The van der Waals surface area contributed by atoms with E-state index in [0.29, 0.717) is 5.56 Å². The molecular formula is C14H21NO2. The second-order valence-electron chi connectivity index (χ2n) is 4.01. The minimum absolute atomic E-state index is 0.0699. The Kier molecular flexibility index (Phi) is 6.15. The summed E-state index contributed by atoms with van der Waals surface area (Å²) < 4.78 is 5.59. The van der Waals surface area contributed by atoms with E-state index in [2.05, 4.69) is 12.2 Å². The van der Waals surface area contributed by atoms with Crippen molar-refractivity contribution in [2.75, 3.05) is 13.7 Å². The third-order valence-corrected chi connectivity index (χ3v) is 2.61. The molecule has 0 aliphatic heterocycles. The van der Waals surface area contributed by atoms with Gasteiger partial charge in [-0.15, -0.1) is 0 Å². The lowest BCUT2D eigenvalue weighted by Crippen LogP contribution is -2.17. The predicted octanol–water partition coefficient (Wildman–Crippen LogP) is 3.01. The minimum Gasteiger partial charge on any atom is -0.494 e. The quantitative estimate of drug-likeness (QED) is 0.738. The van der Waals surface area contributed by atoms with E-state index in [1.54, 1.807) is 19.2 Å². The molecule has 17 heavy (non-hydrogen) atoms. The van der Waals surface area contributed by atoms with Crippen molar-refractivity contribution in [3.8, 4) is 5.75 Å². The van der Waals surface area contributed by atoms with E-state index in [4.69, 9.17) is 4.74 Å². The largest absolute Gasteiger partial charge is 0.494 e. The van der Waals surface area contributed by atoms with Crippen LogP contribution in [-0.4, -0.2) is 19.6 Å². The van der Waals surface area contributed by atoms with Crippen molar-refractivity contribution < 1.29 is 9.53 Å². The average Bonchev–Trinajstić information content (AvgIpc) is 2.38. The van der Waals surface area contributed by atoms with Crippen molar-refractivity contribution in [1.29, 1.82) is 0 Å². The zero-order valence-corrected chi connectivity index (χ0v) is 10.7. The third-order valence-electron chi connectivity index (χ3n) is 2.61. The van der Waals surface area contributed by atoms with Crippen molar-refractivity contribution in [3.63, 3.8) is 0 Å². The molecule has 0 bridgehead atoms. The molecule has 0 unspecified atom stereocenters. The lowest BCUT2D eigenvalue weighted by molar-refractivity contribution is 0.0963. The van der Waals surface area contributed by atoms with Gasteiger partial charge in [0.05, 0.1) is 6.61 Å². The van der Waals surface area contributed by atoms with E-state index < -0.39 is 0 Å². The highest BCUT2D eigenvalue weighted by Gasteiger charge is 2.02. The van der Waals surface area contributed by atoms with Crippen molar-refractivity contribution in [1.82, 2.24) is 5.32 Å².